The number of esters is 1. The zero-order chi connectivity index (χ0) is 20.4. The van der Waals surface area contributed by atoms with Crippen LogP contribution < -0.4 is 10.3 Å². The molecule has 0 saturated carbocycles. The number of amides is 1. The first-order valence-corrected chi connectivity index (χ1v) is 10.1. The second-order valence-corrected chi connectivity index (χ2v) is 7.74. The molecule has 3 unspecified atom stereocenters. The minimum atomic E-state index is -0.462. The number of imidazole rings is 1. The van der Waals surface area contributed by atoms with Gasteiger partial charge in [0.15, 0.2) is 6.17 Å². The molecule has 1 aromatic heterocycles. The van der Waals surface area contributed by atoms with Crippen molar-refractivity contribution in [3.05, 3.63) is 53.0 Å². The Bertz CT molecular complexity index is 896. The first-order chi connectivity index (χ1) is 14.1. The highest BCUT2D eigenvalue weighted by Gasteiger charge is 2.27. The van der Waals surface area contributed by atoms with Crippen LogP contribution in [0.15, 0.2) is 30.9 Å². The number of hydrogen-bond donors (Lipinski definition) is 2. The van der Waals surface area contributed by atoms with E-state index < -0.39 is 12.0 Å². The average molecular weight is 397 g/mol. The number of nitrogens with one attached hydrogen (secondary N) is 2. The predicted molar refractivity (Wildman–Crippen MR) is 108 cm³/mol. The van der Waals surface area contributed by atoms with Crippen molar-refractivity contribution in [1.82, 2.24) is 9.55 Å². The fraction of sp³-hybridized carbons (Fsp3) is 0.476. The number of aryl methyl sites for hydroxylation is 2. The van der Waals surface area contributed by atoms with Gasteiger partial charge in [0.25, 0.3) is 0 Å². The molecule has 1 aliphatic carbocycles. The molecular formula is C21H27N5O3. The Morgan fingerprint density at radius 3 is 2.66 bits per heavy atom. The van der Waals surface area contributed by atoms with Gasteiger partial charge < -0.3 is 20.5 Å². The van der Waals surface area contributed by atoms with Crippen LogP contribution in [0.4, 0.5) is 5.69 Å². The molecule has 2 aliphatic rings. The summed E-state index contributed by atoms with van der Waals surface area (Å²) in [5.41, 5.74) is 7.94. The van der Waals surface area contributed by atoms with Crippen molar-refractivity contribution in [2.45, 2.75) is 50.7 Å². The maximum Gasteiger partial charge on any atom is 0.339 e. The zero-order valence-corrected chi connectivity index (χ0v) is 16.9. The summed E-state index contributed by atoms with van der Waals surface area (Å²) < 4.78 is 6.96. The second-order valence-electron chi connectivity index (χ2n) is 7.74. The van der Waals surface area contributed by atoms with Gasteiger partial charge in [-0.3, -0.25) is 9.36 Å². The van der Waals surface area contributed by atoms with Gasteiger partial charge in [0.1, 0.15) is 0 Å². The first kappa shape index (κ1) is 19.6. The molecule has 0 radical (unpaired) electrons. The Hall–Kier alpha value is -2.71. The molecule has 2 N–H and O–H groups in total. The number of nitrogens with zero attached hydrogens (tertiary/aromatic N) is 3. The summed E-state index contributed by atoms with van der Waals surface area (Å²) in [6.45, 7) is 0. The van der Waals surface area contributed by atoms with E-state index in [1.807, 2.05) is 29.9 Å². The number of anilines is 1. The van der Waals surface area contributed by atoms with Crippen molar-refractivity contribution < 1.29 is 19.3 Å². The Morgan fingerprint density at radius 1 is 1.24 bits per heavy atom. The van der Waals surface area contributed by atoms with Crippen LogP contribution in [-0.2, 0) is 22.4 Å². The monoisotopic (exact) mass is 397 g/mol. The lowest BCUT2D eigenvalue weighted by molar-refractivity contribution is -0.892. The Morgan fingerprint density at radius 2 is 2.00 bits per heavy atom. The third kappa shape index (κ3) is 4.04. The van der Waals surface area contributed by atoms with E-state index in [2.05, 4.69) is 15.7 Å². The van der Waals surface area contributed by atoms with Crippen molar-refractivity contribution in [2.24, 2.45) is 0 Å². The SMILES string of the molecule is COC(=O)c1cc2c(cc1NC(=O)C1CCC(n3ccnc3)[NH+](C)[N-]1)CCCC2. The summed E-state index contributed by atoms with van der Waals surface area (Å²) >= 11 is 0. The number of carbonyl (C=O) groups is 2. The first-order valence-electron chi connectivity index (χ1n) is 10.1. The van der Waals surface area contributed by atoms with E-state index in [0.29, 0.717) is 17.7 Å². The summed E-state index contributed by atoms with van der Waals surface area (Å²) in [5, 5.41) is 3.86. The molecular weight excluding hydrogens is 370 g/mol. The van der Waals surface area contributed by atoms with E-state index in [9.17, 15) is 9.59 Å². The Balaban J connectivity index is 1.50. The van der Waals surface area contributed by atoms with Gasteiger partial charge in [-0.2, -0.15) is 0 Å². The van der Waals surface area contributed by atoms with Crippen molar-refractivity contribution >= 4 is 17.6 Å². The normalized spacial score (nSPS) is 23.9. The van der Waals surface area contributed by atoms with Crippen molar-refractivity contribution in [3.8, 4) is 0 Å². The summed E-state index contributed by atoms with van der Waals surface area (Å²) in [7, 11) is 3.31. The van der Waals surface area contributed by atoms with Gasteiger partial charge in [-0.15, -0.1) is 0 Å². The Labute approximate surface area is 170 Å². The maximum absolute atomic E-state index is 12.9. The van der Waals surface area contributed by atoms with Crippen LogP contribution in [0.2, 0.25) is 0 Å². The van der Waals surface area contributed by atoms with Gasteiger partial charge in [0.2, 0.25) is 5.91 Å². The van der Waals surface area contributed by atoms with Crippen LogP contribution in [0.1, 0.15) is 53.3 Å². The standard InChI is InChI=1S/C21H27N5O3/c1-25-19(26-10-9-22-13-26)8-7-17(24-25)20(27)23-18-12-15-6-4-3-5-14(15)11-16(18)21(28)29-2/h9-13,17,19,25H,3-8H2,1-2H3,(H,23,27). The van der Waals surface area contributed by atoms with Gasteiger partial charge in [0, 0.05) is 18.8 Å². The second kappa shape index (κ2) is 8.34. The van der Waals surface area contributed by atoms with Gasteiger partial charge in [-0.25, -0.2) is 9.78 Å². The number of aromatic nitrogens is 2. The van der Waals surface area contributed by atoms with Gasteiger partial charge in [-0.1, -0.05) is 0 Å². The van der Waals surface area contributed by atoms with E-state index in [0.717, 1.165) is 37.1 Å². The number of quaternary nitrogens is 1. The van der Waals surface area contributed by atoms with Crippen molar-refractivity contribution in [2.75, 3.05) is 19.5 Å². The highest BCUT2D eigenvalue weighted by molar-refractivity contribution is 6.03. The number of fused-ring (bicyclic) bond motifs is 1. The summed E-state index contributed by atoms with van der Waals surface area (Å²) in [5.74, 6) is -0.619. The van der Waals surface area contributed by atoms with Crippen LogP contribution in [-0.4, -0.2) is 41.6 Å². The smallest absolute Gasteiger partial charge is 0.339 e. The molecule has 8 nitrogen and oxygen atoms in total. The third-order valence-electron chi connectivity index (χ3n) is 5.89. The molecule has 2 heterocycles. The summed E-state index contributed by atoms with van der Waals surface area (Å²) in [4.78, 5) is 29.3. The topological polar surface area (TPSA) is 91.8 Å². The fourth-order valence-corrected chi connectivity index (χ4v) is 4.31. The van der Waals surface area contributed by atoms with Gasteiger partial charge in [0.05, 0.1) is 31.7 Å². The lowest BCUT2D eigenvalue weighted by Gasteiger charge is -2.44. The van der Waals surface area contributed by atoms with E-state index in [1.165, 1.54) is 18.2 Å². The summed E-state index contributed by atoms with van der Waals surface area (Å²) in [6.07, 6.45) is 11.2. The predicted octanol–water partition coefficient (Wildman–Crippen LogP) is 1.65. The van der Waals surface area contributed by atoms with Crippen LogP contribution in [0.5, 0.6) is 0 Å². The lowest BCUT2D eigenvalue weighted by atomic mass is 9.89. The van der Waals surface area contributed by atoms with Crippen LogP contribution >= 0.6 is 0 Å². The van der Waals surface area contributed by atoms with E-state index in [1.54, 1.807) is 12.5 Å². The van der Waals surface area contributed by atoms with Crippen molar-refractivity contribution in [1.29, 1.82) is 0 Å². The largest absolute Gasteiger partial charge is 0.465 e. The van der Waals surface area contributed by atoms with E-state index in [4.69, 9.17) is 4.74 Å². The molecule has 1 fully saturated rings. The molecule has 2 aromatic rings. The number of hydrogen-bond acceptors (Lipinski definition) is 4. The quantitative estimate of drug-likeness (QED) is 0.768. The highest BCUT2D eigenvalue weighted by Crippen LogP contribution is 2.29. The number of carbonyl (C=O) groups excluding carboxylic acids is 2. The average Bonchev–Trinajstić information content (AvgIpc) is 3.27. The Kier molecular flexibility index (Phi) is 5.64. The van der Waals surface area contributed by atoms with E-state index >= 15 is 0 Å². The van der Waals surface area contributed by atoms with E-state index in [-0.39, 0.29) is 12.1 Å². The molecule has 1 saturated heterocycles. The molecule has 1 aliphatic heterocycles. The van der Waals surface area contributed by atoms with Gasteiger partial charge >= 0.3 is 5.97 Å². The van der Waals surface area contributed by atoms with Crippen LogP contribution in [0.25, 0.3) is 5.43 Å². The highest BCUT2D eigenvalue weighted by atomic mass is 16.5. The summed E-state index contributed by atoms with van der Waals surface area (Å²) in [6, 6.07) is 3.35. The van der Waals surface area contributed by atoms with Crippen molar-refractivity contribution in [3.63, 3.8) is 0 Å². The molecule has 29 heavy (non-hydrogen) atoms. The molecule has 1 amide bonds. The molecule has 4 rings (SSSR count). The number of benzene rings is 1. The molecule has 0 spiro atoms. The maximum atomic E-state index is 12.9. The molecule has 8 heteroatoms. The minimum absolute atomic E-state index is 0.135. The fourth-order valence-electron chi connectivity index (χ4n) is 4.31. The molecule has 1 aromatic carbocycles. The third-order valence-corrected chi connectivity index (χ3v) is 5.89. The van der Waals surface area contributed by atoms with Crippen LogP contribution in [0.3, 0.4) is 0 Å². The molecule has 0 bridgehead atoms. The van der Waals surface area contributed by atoms with Gasteiger partial charge in [-0.05, 0) is 61.4 Å². The number of methoxy groups -OCH3 is 1. The lowest BCUT2D eigenvalue weighted by Crippen LogP contribution is -3.07. The minimum Gasteiger partial charge on any atom is -0.465 e. The molecule has 3 atom stereocenters. The zero-order valence-electron chi connectivity index (χ0n) is 16.9. The molecule has 154 valence electrons. The number of rotatable bonds is 4. The van der Waals surface area contributed by atoms with Crippen LogP contribution in [0, 0.1) is 0 Å². The number of ether oxygens (including phenoxy) is 1.